The molecule has 1 N–H and O–H groups in total. The predicted molar refractivity (Wildman–Crippen MR) is 80.9 cm³/mol. The minimum atomic E-state index is 0.695. The summed E-state index contributed by atoms with van der Waals surface area (Å²) in [6.45, 7) is 7.74. The molecular weight excluding hydrogens is 234 g/mol. The van der Waals surface area contributed by atoms with Crippen LogP contribution < -0.4 is 10.1 Å². The van der Waals surface area contributed by atoms with Crippen LogP contribution in [0, 0.1) is 13.8 Å². The summed E-state index contributed by atoms with van der Waals surface area (Å²) in [5.74, 6) is 0.962. The number of benzene rings is 2. The lowest BCUT2D eigenvalue weighted by Gasteiger charge is -2.15. The van der Waals surface area contributed by atoms with Gasteiger partial charge in [-0.05, 0) is 38.0 Å². The van der Waals surface area contributed by atoms with Crippen molar-refractivity contribution in [1.29, 1.82) is 0 Å². The van der Waals surface area contributed by atoms with Gasteiger partial charge < -0.3 is 10.1 Å². The Morgan fingerprint density at radius 2 is 1.63 bits per heavy atom. The van der Waals surface area contributed by atoms with E-state index in [1.54, 1.807) is 0 Å². The lowest BCUT2D eigenvalue weighted by atomic mass is 10.1. The van der Waals surface area contributed by atoms with Gasteiger partial charge >= 0.3 is 0 Å². The van der Waals surface area contributed by atoms with Crippen LogP contribution in [0.4, 0.5) is 5.69 Å². The molecule has 0 unspecified atom stereocenters. The first-order valence-electron chi connectivity index (χ1n) is 6.73. The second-order valence-corrected chi connectivity index (χ2v) is 4.66. The van der Waals surface area contributed by atoms with Crippen molar-refractivity contribution in [2.45, 2.75) is 27.3 Å². The van der Waals surface area contributed by atoms with E-state index in [2.05, 4.69) is 43.4 Å². The van der Waals surface area contributed by atoms with Gasteiger partial charge in [-0.2, -0.15) is 0 Å². The van der Waals surface area contributed by atoms with Crippen molar-refractivity contribution < 1.29 is 4.74 Å². The van der Waals surface area contributed by atoms with Gasteiger partial charge in [-0.15, -0.1) is 0 Å². The quantitative estimate of drug-likeness (QED) is 0.859. The molecule has 0 atom stereocenters. The Morgan fingerprint density at radius 1 is 0.947 bits per heavy atom. The van der Waals surface area contributed by atoms with Gasteiger partial charge in [0.1, 0.15) is 5.75 Å². The van der Waals surface area contributed by atoms with Crippen LogP contribution in [0.5, 0.6) is 5.75 Å². The first-order valence-corrected chi connectivity index (χ1v) is 6.73. The molecule has 0 aliphatic heterocycles. The summed E-state index contributed by atoms with van der Waals surface area (Å²) >= 11 is 0. The number of aryl methyl sites for hydroxylation is 2. The third-order valence-electron chi connectivity index (χ3n) is 3.21. The number of ether oxygens (including phenoxy) is 1. The number of hydrogen-bond acceptors (Lipinski definition) is 2. The molecule has 2 heteroatoms. The summed E-state index contributed by atoms with van der Waals surface area (Å²) in [5, 5.41) is 3.52. The van der Waals surface area contributed by atoms with Gasteiger partial charge in [0, 0.05) is 17.8 Å². The van der Waals surface area contributed by atoms with Gasteiger partial charge in [0.2, 0.25) is 0 Å². The van der Waals surface area contributed by atoms with Crippen LogP contribution >= 0.6 is 0 Å². The molecule has 0 radical (unpaired) electrons. The average molecular weight is 255 g/mol. The van der Waals surface area contributed by atoms with E-state index in [4.69, 9.17) is 4.74 Å². The van der Waals surface area contributed by atoms with Crippen molar-refractivity contribution in [2.75, 3.05) is 11.9 Å². The smallest absolute Gasteiger partial charge is 0.124 e. The van der Waals surface area contributed by atoms with E-state index in [-0.39, 0.29) is 0 Å². The van der Waals surface area contributed by atoms with E-state index in [0.717, 1.165) is 12.3 Å². The van der Waals surface area contributed by atoms with E-state index in [1.807, 2.05) is 25.1 Å². The zero-order chi connectivity index (χ0) is 13.7. The summed E-state index contributed by atoms with van der Waals surface area (Å²) in [6, 6.07) is 14.5. The van der Waals surface area contributed by atoms with Gasteiger partial charge in [-0.25, -0.2) is 0 Å². The second kappa shape index (κ2) is 6.28. The number of anilines is 1. The Kier molecular flexibility index (Phi) is 4.45. The third-order valence-corrected chi connectivity index (χ3v) is 3.21. The van der Waals surface area contributed by atoms with Crippen molar-refractivity contribution in [1.82, 2.24) is 0 Å². The first kappa shape index (κ1) is 13.5. The highest BCUT2D eigenvalue weighted by atomic mass is 16.5. The third kappa shape index (κ3) is 3.28. The lowest BCUT2D eigenvalue weighted by Crippen LogP contribution is -2.05. The van der Waals surface area contributed by atoms with Crippen LogP contribution in [0.3, 0.4) is 0 Å². The fourth-order valence-electron chi connectivity index (χ4n) is 2.22. The summed E-state index contributed by atoms with van der Waals surface area (Å²) in [6.07, 6.45) is 0. The molecular formula is C17H21NO. The van der Waals surface area contributed by atoms with E-state index in [0.29, 0.717) is 6.61 Å². The first-order chi connectivity index (χ1) is 9.22. The van der Waals surface area contributed by atoms with Crippen molar-refractivity contribution in [2.24, 2.45) is 0 Å². The fraction of sp³-hybridized carbons (Fsp3) is 0.294. The molecule has 2 aromatic carbocycles. The van der Waals surface area contributed by atoms with Crippen LogP contribution in [-0.4, -0.2) is 6.61 Å². The molecule has 100 valence electrons. The van der Waals surface area contributed by atoms with Crippen molar-refractivity contribution >= 4 is 5.69 Å². The molecule has 0 aromatic heterocycles. The van der Waals surface area contributed by atoms with Crippen LogP contribution in [0.25, 0.3) is 0 Å². The molecule has 0 aliphatic rings. The van der Waals surface area contributed by atoms with E-state index < -0.39 is 0 Å². The van der Waals surface area contributed by atoms with E-state index in [1.165, 1.54) is 22.4 Å². The summed E-state index contributed by atoms with van der Waals surface area (Å²) in [4.78, 5) is 0. The van der Waals surface area contributed by atoms with Crippen LogP contribution in [0.1, 0.15) is 23.6 Å². The Balaban J connectivity index is 2.15. The summed E-state index contributed by atoms with van der Waals surface area (Å²) in [7, 11) is 0. The maximum atomic E-state index is 5.65. The van der Waals surface area contributed by atoms with Crippen molar-refractivity contribution in [3.63, 3.8) is 0 Å². The van der Waals surface area contributed by atoms with Crippen LogP contribution in [0.2, 0.25) is 0 Å². The fourth-order valence-corrected chi connectivity index (χ4v) is 2.22. The van der Waals surface area contributed by atoms with Gasteiger partial charge in [-0.1, -0.05) is 36.4 Å². The highest BCUT2D eigenvalue weighted by molar-refractivity contribution is 5.57. The normalized spacial score (nSPS) is 10.3. The molecule has 2 rings (SSSR count). The molecule has 0 spiro atoms. The number of nitrogens with one attached hydrogen (secondary N) is 1. The predicted octanol–water partition coefficient (Wildman–Crippen LogP) is 4.31. The molecule has 0 aliphatic carbocycles. The van der Waals surface area contributed by atoms with Gasteiger partial charge in [0.05, 0.1) is 6.61 Å². The van der Waals surface area contributed by atoms with E-state index >= 15 is 0 Å². The SMILES string of the molecule is CCOc1ccccc1CNc1c(C)cccc1C. The maximum Gasteiger partial charge on any atom is 0.124 e. The molecule has 19 heavy (non-hydrogen) atoms. The number of rotatable bonds is 5. The molecule has 2 aromatic rings. The molecule has 0 bridgehead atoms. The minimum Gasteiger partial charge on any atom is -0.494 e. The molecule has 0 heterocycles. The zero-order valence-electron chi connectivity index (χ0n) is 11.9. The highest BCUT2D eigenvalue weighted by Gasteiger charge is 2.05. The van der Waals surface area contributed by atoms with Gasteiger partial charge in [0.15, 0.2) is 0 Å². The monoisotopic (exact) mass is 255 g/mol. The minimum absolute atomic E-state index is 0.695. The van der Waals surface area contributed by atoms with Crippen molar-refractivity contribution in [3.05, 3.63) is 59.2 Å². The van der Waals surface area contributed by atoms with Crippen molar-refractivity contribution in [3.8, 4) is 5.75 Å². The average Bonchev–Trinajstić information content (AvgIpc) is 2.40. The molecule has 0 saturated heterocycles. The maximum absolute atomic E-state index is 5.65. The number of para-hydroxylation sites is 2. The summed E-state index contributed by atoms with van der Waals surface area (Å²) in [5.41, 5.74) is 4.95. The zero-order valence-corrected chi connectivity index (χ0v) is 11.9. The number of hydrogen-bond donors (Lipinski definition) is 1. The molecule has 0 amide bonds. The van der Waals surface area contributed by atoms with Crippen LogP contribution in [0.15, 0.2) is 42.5 Å². The van der Waals surface area contributed by atoms with Crippen LogP contribution in [-0.2, 0) is 6.54 Å². The Labute approximate surface area is 115 Å². The van der Waals surface area contributed by atoms with E-state index in [9.17, 15) is 0 Å². The lowest BCUT2D eigenvalue weighted by molar-refractivity contribution is 0.337. The topological polar surface area (TPSA) is 21.3 Å². The largest absolute Gasteiger partial charge is 0.494 e. The Hall–Kier alpha value is -1.96. The van der Waals surface area contributed by atoms with Gasteiger partial charge in [-0.3, -0.25) is 0 Å². The highest BCUT2D eigenvalue weighted by Crippen LogP contribution is 2.23. The van der Waals surface area contributed by atoms with Gasteiger partial charge in [0.25, 0.3) is 0 Å². The summed E-state index contributed by atoms with van der Waals surface area (Å²) < 4.78 is 5.65. The molecule has 2 nitrogen and oxygen atoms in total. The Bertz CT molecular complexity index is 528. The molecule has 0 saturated carbocycles. The standard InChI is InChI=1S/C17H21NO/c1-4-19-16-11-6-5-10-15(16)12-18-17-13(2)8-7-9-14(17)3/h5-11,18H,4,12H2,1-3H3. The molecule has 0 fully saturated rings. The second-order valence-electron chi connectivity index (χ2n) is 4.66. The Morgan fingerprint density at radius 3 is 2.32 bits per heavy atom.